The number of aliphatic carboxylic acids is 1. The molecule has 1 aliphatic heterocycles. The SMILES string of the molecule is CC(C)CC(=O)C(O)(CC(=O)[O-])C(O)[N+](C)(C)C.CC(O)C(C)C(=O)SCCNC(=O)CCNC(=O)[C@H](O)C(C)(C)COP(=O)(O)OP(=O)(O)OC[C@H]1O[C@@H](n2cnc3c(N)ncnc32)[C@H](O)[C@@H]1OP(=O)(O)O. The van der Waals surface area contributed by atoms with Gasteiger partial charge in [-0.1, -0.05) is 46.4 Å². The van der Waals surface area contributed by atoms with E-state index in [0.717, 1.165) is 29.0 Å². The van der Waals surface area contributed by atoms with Gasteiger partial charge < -0.3 is 80.6 Å². The molecule has 2 aromatic rings. The number of carbonyl (C=O) groups excluding carboxylic acids is 5. The van der Waals surface area contributed by atoms with Crippen LogP contribution < -0.4 is 21.5 Å². The molecule has 35 heteroatoms. The van der Waals surface area contributed by atoms with Gasteiger partial charge in [-0.25, -0.2) is 28.6 Å². The van der Waals surface area contributed by atoms with Crippen molar-refractivity contribution >= 4 is 80.9 Å². The number of phosphoric ester groups is 3. The number of rotatable bonds is 28. The second kappa shape index (κ2) is 27.0. The number of nitrogens with zero attached hydrogens (tertiary/aromatic N) is 5. The third-order valence-corrected chi connectivity index (χ3v) is 14.7. The number of likely N-dealkylation sites (N-methyl/N-ethyl adjacent to an activating group) is 1. The molecule has 31 nitrogen and oxygen atoms in total. The summed E-state index contributed by atoms with van der Waals surface area (Å²) in [4.78, 5) is 110. The maximum absolute atomic E-state index is 12.7. The Morgan fingerprint density at radius 1 is 0.959 bits per heavy atom. The summed E-state index contributed by atoms with van der Waals surface area (Å²) in [6.07, 6.45) is -10.2. The van der Waals surface area contributed by atoms with E-state index < -0.39 is 127 Å². The van der Waals surface area contributed by atoms with Crippen molar-refractivity contribution in [2.75, 3.05) is 58.9 Å². The largest absolute Gasteiger partial charge is 0.550 e. The minimum atomic E-state index is -5.58. The van der Waals surface area contributed by atoms with Crippen molar-refractivity contribution in [3.63, 3.8) is 0 Å². The zero-order valence-corrected chi connectivity index (χ0v) is 44.8. The minimum Gasteiger partial charge on any atom is -0.550 e. The molecule has 0 saturated carbocycles. The first-order valence-electron chi connectivity index (χ1n) is 21.9. The van der Waals surface area contributed by atoms with E-state index >= 15 is 0 Å². The first kappa shape index (κ1) is 65.7. The van der Waals surface area contributed by atoms with Crippen molar-refractivity contribution < 1.29 is 115 Å². The minimum absolute atomic E-state index is 0.000833. The number of phosphoric acid groups is 3. The second-order valence-electron chi connectivity index (χ2n) is 18.8. The molecule has 0 radical (unpaired) electrons. The molecule has 2 aromatic heterocycles. The Morgan fingerprint density at radius 2 is 1.56 bits per heavy atom. The van der Waals surface area contributed by atoms with Crippen LogP contribution in [0.25, 0.3) is 11.2 Å². The van der Waals surface area contributed by atoms with Gasteiger partial charge in [-0.2, -0.15) is 4.31 Å². The summed E-state index contributed by atoms with van der Waals surface area (Å²) in [7, 11) is -11.7. The van der Waals surface area contributed by atoms with Gasteiger partial charge in [0.05, 0.1) is 52.7 Å². The number of aliphatic hydroxyl groups excluding tert-OH is 4. The average Bonchev–Trinajstić information content (AvgIpc) is 3.81. The number of nitrogens with two attached hydrogens (primary N) is 1. The third kappa shape index (κ3) is 20.5. The van der Waals surface area contributed by atoms with Crippen LogP contribution in [-0.2, 0) is 60.3 Å². The summed E-state index contributed by atoms with van der Waals surface area (Å²) < 4.78 is 61.8. The summed E-state index contributed by atoms with van der Waals surface area (Å²) in [5.74, 6) is -4.12. The van der Waals surface area contributed by atoms with Crippen molar-refractivity contribution in [2.45, 2.75) is 109 Å². The molecule has 3 rings (SSSR count). The molecule has 0 aliphatic carbocycles. The Morgan fingerprint density at radius 3 is 2.11 bits per heavy atom. The Bertz CT molecular complexity index is 2370. The lowest BCUT2D eigenvalue weighted by Crippen LogP contribution is -2.64. The molecule has 1 fully saturated rings. The monoisotopic (exact) mass is 1130 g/mol. The fourth-order valence-corrected chi connectivity index (χ4v) is 10.0. The van der Waals surface area contributed by atoms with E-state index in [-0.39, 0.29) is 64.2 Å². The van der Waals surface area contributed by atoms with Crippen LogP contribution in [0.3, 0.4) is 0 Å². The lowest BCUT2D eigenvalue weighted by molar-refractivity contribution is -0.925. The summed E-state index contributed by atoms with van der Waals surface area (Å²) in [5, 5.41) is 66.5. The van der Waals surface area contributed by atoms with Crippen LogP contribution in [0.1, 0.15) is 67.0 Å². The normalized spacial score (nSPS) is 21.6. The van der Waals surface area contributed by atoms with Gasteiger partial charge in [0, 0.05) is 49.5 Å². The van der Waals surface area contributed by atoms with Gasteiger partial charge in [-0.3, -0.25) is 37.3 Å². The van der Waals surface area contributed by atoms with Crippen LogP contribution in [0.2, 0.25) is 0 Å². The number of nitrogens with one attached hydrogen (secondary N) is 2. The van der Waals surface area contributed by atoms with Crippen LogP contribution in [0.5, 0.6) is 0 Å². The number of quaternary nitrogens is 1. The number of imidazole rings is 1. The number of ketones is 1. The second-order valence-corrected chi connectivity index (χ2v) is 24.1. The maximum Gasteiger partial charge on any atom is 0.481 e. The first-order valence-corrected chi connectivity index (χ1v) is 27.4. The van der Waals surface area contributed by atoms with Crippen molar-refractivity contribution in [3.8, 4) is 0 Å². The van der Waals surface area contributed by atoms with E-state index in [9.17, 15) is 87.9 Å². The molecule has 6 unspecified atom stereocenters. The molecule has 2 amide bonds. The van der Waals surface area contributed by atoms with Gasteiger partial charge in [0.1, 0.15) is 36.3 Å². The summed E-state index contributed by atoms with van der Waals surface area (Å²) in [6.45, 7) is 6.97. The van der Waals surface area contributed by atoms with Crippen molar-refractivity contribution in [1.82, 2.24) is 30.2 Å². The van der Waals surface area contributed by atoms with Gasteiger partial charge in [0.25, 0.3) is 0 Å². The smallest absolute Gasteiger partial charge is 0.481 e. The lowest BCUT2D eigenvalue weighted by Gasteiger charge is -2.40. The fraction of sp³-hybridized carbons (Fsp3) is 0.737. The van der Waals surface area contributed by atoms with Crippen molar-refractivity contribution in [1.29, 1.82) is 0 Å². The van der Waals surface area contributed by atoms with Crippen LogP contribution in [-0.4, -0.2) is 193 Å². The summed E-state index contributed by atoms with van der Waals surface area (Å²) in [5.41, 5.74) is 1.91. The molecule has 73 heavy (non-hydrogen) atoms. The van der Waals surface area contributed by atoms with Crippen molar-refractivity contribution in [2.24, 2.45) is 17.3 Å². The van der Waals surface area contributed by atoms with E-state index in [1.54, 1.807) is 41.9 Å². The van der Waals surface area contributed by atoms with E-state index in [2.05, 4.69) is 34.4 Å². The Balaban J connectivity index is 0.000000857. The maximum atomic E-state index is 12.7. The van der Waals surface area contributed by atoms with Gasteiger partial charge in [0.2, 0.25) is 23.6 Å². The van der Waals surface area contributed by atoms with E-state index in [4.69, 9.17) is 19.5 Å². The number of Topliss-reactive ketones (excluding diaryl/α,β-unsaturated/α-hetero) is 1. The van der Waals surface area contributed by atoms with E-state index in [1.165, 1.54) is 20.8 Å². The number of nitrogen functional groups attached to an aromatic ring is 1. The quantitative estimate of drug-likeness (QED) is 0.0177. The number of aromatic nitrogens is 4. The zero-order valence-electron chi connectivity index (χ0n) is 41.3. The molecule has 1 saturated heterocycles. The van der Waals surface area contributed by atoms with Gasteiger partial charge in [-0.05, 0) is 12.8 Å². The number of hydrogen-bond acceptors (Lipinski definition) is 24. The van der Waals surface area contributed by atoms with Crippen LogP contribution in [0, 0.1) is 17.3 Å². The summed E-state index contributed by atoms with van der Waals surface area (Å²) >= 11 is 0.947. The molecule has 13 N–H and O–H groups in total. The molecular weight excluding hydrogens is 1060 g/mol. The topological polar surface area (TPSA) is 482 Å². The molecular formula is C38H67N8O23P3S. The standard InChI is InChI=1S/C26H44N7O18P3S.C12H23NO5/c1-13(14(2)34)25(39)55-8-7-28-16(35)5-6-29-23(38)20(37)26(3,4)10-48-54(45,46)51-53(43,44)47-9-15-19(50-52(40,41)42)18(36)24(49-15)33-12-32-17-21(27)30-11-31-22(17)33;1-8(2)6-9(14)12(18,7-10(15)16)11(17)13(3,4)5/h11-15,18-20,24,34,36-37H,5-10H2,1-4H3,(H,28,35)(H,29,38)(H,43,44)(H,45,46)(H2,27,30,31)(H2,40,41,42);8,11,17-18H,6-7H2,1-5H3/t13?,14?,15-,18-,19-,20+,24-;/m1./s1. The highest BCUT2D eigenvalue weighted by Gasteiger charge is 2.51. The molecule has 0 aromatic carbocycles. The Hall–Kier alpha value is -3.46. The highest BCUT2D eigenvalue weighted by atomic mass is 32.2. The molecule has 418 valence electrons. The van der Waals surface area contributed by atoms with Crippen LogP contribution in [0.15, 0.2) is 12.7 Å². The highest BCUT2D eigenvalue weighted by molar-refractivity contribution is 8.13. The fourth-order valence-electron chi connectivity index (χ4n) is 6.35. The Labute approximate surface area is 423 Å². The highest BCUT2D eigenvalue weighted by Crippen LogP contribution is 2.61. The molecule has 0 spiro atoms. The number of amides is 2. The summed E-state index contributed by atoms with van der Waals surface area (Å²) in [6, 6.07) is 0. The average molecular weight is 1130 g/mol. The number of aliphatic hydroxyl groups is 5. The first-order chi connectivity index (χ1) is 33.2. The number of hydrogen-bond donors (Lipinski definition) is 12. The van der Waals surface area contributed by atoms with E-state index in [0.29, 0.717) is 0 Å². The number of fused-ring (bicyclic) bond motifs is 1. The van der Waals surface area contributed by atoms with Crippen LogP contribution >= 0.6 is 35.2 Å². The lowest BCUT2D eigenvalue weighted by atomic mass is 9.86. The Kier molecular flexibility index (Phi) is 24.3. The van der Waals surface area contributed by atoms with Crippen molar-refractivity contribution in [3.05, 3.63) is 12.7 Å². The number of carboxylic acid groups (broad SMARTS) is 1. The predicted octanol–water partition coefficient (Wildman–Crippen LogP) is -2.82. The number of thioether (sulfide) groups is 1. The zero-order chi connectivity index (χ0) is 56.2. The molecule has 0 bridgehead atoms. The van der Waals surface area contributed by atoms with Gasteiger partial charge >= 0.3 is 23.5 Å². The number of carbonyl (C=O) groups is 5. The predicted molar refractivity (Wildman–Crippen MR) is 251 cm³/mol. The van der Waals surface area contributed by atoms with Gasteiger partial charge in [0.15, 0.2) is 28.6 Å². The molecule has 3 heterocycles. The number of anilines is 1. The third-order valence-electron chi connectivity index (χ3n) is 10.5. The number of ether oxygens (including phenoxy) is 1. The molecule has 11 atom stereocenters. The van der Waals surface area contributed by atoms with Crippen LogP contribution in [0.4, 0.5) is 5.82 Å². The number of carboxylic acids is 1. The van der Waals surface area contributed by atoms with E-state index in [1.807, 2.05) is 0 Å². The van der Waals surface area contributed by atoms with Gasteiger partial charge in [-0.15, -0.1) is 0 Å². The molecule has 1 aliphatic rings.